The molecule has 0 aromatic carbocycles. The largest absolute Gasteiger partial charge is 0.478 e. The van der Waals surface area contributed by atoms with Crippen LogP contribution in [0.3, 0.4) is 0 Å². The average Bonchev–Trinajstić information content (AvgIpc) is 2.80. The molecule has 84 valence electrons. The van der Waals surface area contributed by atoms with Crippen LogP contribution >= 0.6 is 0 Å². The standard InChI is InChI=1S/C11H12N2O3/c14-10(15)4-3-8-6-12-11(13-7-8)9-2-1-5-16-9/h3-4,6-7,9H,1-2,5H2,(H,14,15)/b4-3+. The fraction of sp³-hybridized carbons (Fsp3) is 0.364. The Morgan fingerprint density at radius 2 is 2.25 bits per heavy atom. The van der Waals surface area contributed by atoms with Crippen LogP contribution in [-0.2, 0) is 9.53 Å². The summed E-state index contributed by atoms with van der Waals surface area (Å²) in [4.78, 5) is 18.6. The topological polar surface area (TPSA) is 72.3 Å². The van der Waals surface area contributed by atoms with Gasteiger partial charge in [-0.3, -0.25) is 0 Å². The van der Waals surface area contributed by atoms with Gasteiger partial charge in [0.1, 0.15) is 6.10 Å². The van der Waals surface area contributed by atoms with Gasteiger partial charge in [-0.05, 0) is 18.9 Å². The molecule has 1 aliphatic rings. The predicted octanol–water partition coefficient (Wildman–Crippen LogP) is 1.43. The number of carboxylic acids is 1. The second-order valence-electron chi connectivity index (χ2n) is 3.55. The lowest BCUT2D eigenvalue weighted by atomic mass is 10.2. The van der Waals surface area contributed by atoms with Crippen LogP contribution in [0.4, 0.5) is 0 Å². The molecule has 1 aromatic heterocycles. The van der Waals surface area contributed by atoms with Gasteiger partial charge in [0.05, 0.1) is 0 Å². The highest BCUT2D eigenvalue weighted by atomic mass is 16.5. The van der Waals surface area contributed by atoms with Crippen molar-refractivity contribution in [2.24, 2.45) is 0 Å². The number of aliphatic carboxylic acids is 1. The van der Waals surface area contributed by atoms with Crippen molar-refractivity contribution in [3.63, 3.8) is 0 Å². The summed E-state index contributed by atoms with van der Waals surface area (Å²) >= 11 is 0. The van der Waals surface area contributed by atoms with Crippen molar-refractivity contribution in [1.29, 1.82) is 0 Å². The summed E-state index contributed by atoms with van der Waals surface area (Å²) in [7, 11) is 0. The molecule has 2 rings (SSSR count). The number of hydrogen-bond acceptors (Lipinski definition) is 4. The van der Waals surface area contributed by atoms with Crippen molar-refractivity contribution in [3.8, 4) is 0 Å². The molecule has 0 spiro atoms. The molecule has 0 radical (unpaired) electrons. The fourth-order valence-corrected chi connectivity index (χ4v) is 1.55. The van der Waals surface area contributed by atoms with Gasteiger partial charge in [-0.25, -0.2) is 14.8 Å². The van der Waals surface area contributed by atoms with E-state index in [4.69, 9.17) is 9.84 Å². The van der Waals surface area contributed by atoms with Gasteiger partial charge >= 0.3 is 5.97 Å². The van der Waals surface area contributed by atoms with E-state index in [-0.39, 0.29) is 6.10 Å². The maximum absolute atomic E-state index is 10.3. The summed E-state index contributed by atoms with van der Waals surface area (Å²) in [5.41, 5.74) is 0.671. The SMILES string of the molecule is O=C(O)/C=C/c1cnc(C2CCCO2)nc1. The molecule has 5 nitrogen and oxygen atoms in total. The minimum absolute atomic E-state index is 0.00231. The monoisotopic (exact) mass is 220 g/mol. The molecule has 0 bridgehead atoms. The predicted molar refractivity (Wildman–Crippen MR) is 56.6 cm³/mol. The van der Waals surface area contributed by atoms with Gasteiger partial charge in [0.2, 0.25) is 0 Å². The Bertz CT molecular complexity index is 394. The second-order valence-corrected chi connectivity index (χ2v) is 3.55. The molecule has 16 heavy (non-hydrogen) atoms. The minimum Gasteiger partial charge on any atom is -0.478 e. The van der Waals surface area contributed by atoms with Gasteiger partial charge in [0.25, 0.3) is 0 Å². The first-order valence-electron chi connectivity index (χ1n) is 5.10. The zero-order chi connectivity index (χ0) is 11.4. The van der Waals surface area contributed by atoms with E-state index in [1.165, 1.54) is 6.08 Å². The zero-order valence-electron chi connectivity index (χ0n) is 8.67. The summed E-state index contributed by atoms with van der Waals surface area (Å²) in [6, 6.07) is 0. The smallest absolute Gasteiger partial charge is 0.328 e. The molecule has 1 fully saturated rings. The molecule has 1 N–H and O–H groups in total. The van der Waals surface area contributed by atoms with Gasteiger partial charge in [0, 0.05) is 30.6 Å². The van der Waals surface area contributed by atoms with E-state index in [1.54, 1.807) is 12.4 Å². The van der Waals surface area contributed by atoms with Crippen LogP contribution < -0.4 is 0 Å². The normalized spacial score (nSPS) is 20.4. The quantitative estimate of drug-likeness (QED) is 0.780. The van der Waals surface area contributed by atoms with Crippen LogP contribution in [0, 0.1) is 0 Å². The molecule has 0 saturated carbocycles. The van der Waals surface area contributed by atoms with E-state index in [0.29, 0.717) is 11.4 Å². The van der Waals surface area contributed by atoms with Crippen molar-refractivity contribution in [2.75, 3.05) is 6.61 Å². The number of aromatic nitrogens is 2. The first-order chi connectivity index (χ1) is 7.75. The van der Waals surface area contributed by atoms with E-state index < -0.39 is 5.97 Å². The Morgan fingerprint density at radius 1 is 1.50 bits per heavy atom. The summed E-state index contributed by atoms with van der Waals surface area (Å²) in [5, 5.41) is 8.45. The molecule has 1 atom stereocenters. The van der Waals surface area contributed by atoms with Crippen molar-refractivity contribution < 1.29 is 14.6 Å². The Morgan fingerprint density at radius 3 is 2.81 bits per heavy atom. The van der Waals surface area contributed by atoms with Gasteiger partial charge in [-0.1, -0.05) is 0 Å². The Hall–Kier alpha value is -1.75. The number of carboxylic acid groups (broad SMARTS) is 1. The number of hydrogen-bond donors (Lipinski definition) is 1. The third kappa shape index (κ3) is 2.64. The van der Waals surface area contributed by atoms with Gasteiger partial charge < -0.3 is 9.84 Å². The summed E-state index contributed by atoms with van der Waals surface area (Å²) < 4.78 is 5.44. The molecule has 5 heteroatoms. The highest BCUT2D eigenvalue weighted by Crippen LogP contribution is 2.25. The molecule has 0 amide bonds. The highest BCUT2D eigenvalue weighted by Gasteiger charge is 2.19. The average molecular weight is 220 g/mol. The fourth-order valence-electron chi connectivity index (χ4n) is 1.55. The van der Waals surface area contributed by atoms with Crippen molar-refractivity contribution in [2.45, 2.75) is 18.9 Å². The van der Waals surface area contributed by atoms with E-state index in [2.05, 4.69) is 9.97 Å². The summed E-state index contributed by atoms with van der Waals surface area (Å²) in [6.45, 7) is 0.759. The summed E-state index contributed by atoms with van der Waals surface area (Å²) in [5.74, 6) is -0.312. The molecule has 2 heterocycles. The van der Waals surface area contributed by atoms with Crippen LogP contribution in [0.25, 0.3) is 6.08 Å². The third-order valence-corrected chi connectivity index (χ3v) is 2.33. The first kappa shape index (κ1) is 10.8. The molecule has 1 aliphatic heterocycles. The Balaban J connectivity index is 2.06. The van der Waals surface area contributed by atoms with Crippen molar-refractivity contribution >= 4 is 12.0 Å². The van der Waals surface area contributed by atoms with E-state index in [1.807, 2.05) is 0 Å². The molecule has 0 aliphatic carbocycles. The number of rotatable bonds is 3. The molecule has 1 unspecified atom stereocenters. The number of carbonyl (C=O) groups is 1. The van der Waals surface area contributed by atoms with Crippen LogP contribution in [0.15, 0.2) is 18.5 Å². The van der Waals surface area contributed by atoms with Crippen LogP contribution in [-0.4, -0.2) is 27.7 Å². The van der Waals surface area contributed by atoms with Crippen molar-refractivity contribution in [3.05, 3.63) is 29.9 Å². The van der Waals surface area contributed by atoms with Gasteiger partial charge in [-0.15, -0.1) is 0 Å². The van der Waals surface area contributed by atoms with Crippen LogP contribution in [0.1, 0.15) is 30.3 Å². The minimum atomic E-state index is -0.983. The van der Waals surface area contributed by atoms with Gasteiger partial charge in [0.15, 0.2) is 5.82 Å². The van der Waals surface area contributed by atoms with E-state index >= 15 is 0 Å². The number of ether oxygens (including phenoxy) is 1. The highest BCUT2D eigenvalue weighted by molar-refractivity contribution is 5.85. The molecular weight excluding hydrogens is 208 g/mol. The maximum atomic E-state index is 10.3. The lowest BCUT2D eigenvalue weighted by Gasteiger charge is -2.06. The summed E-state index contributed by atoms with van der Waals surface area (Å²) in [6.07, 6.45) is 7.70. The molecule has 1 saturated heterocycles. The Labute approximate surface area is 92.8 Å². The van der Waals surface area contributed by atoms with E-state index in [0.717, 1.165) is 25.5 Å². The second kappa shape index (κ2) is 4.85. The maximum Gasteiger partial charge on any atom is 0.328 e. The van der Waals surface area contributed by atoms with E-state index in [9.17, 15) is 4.79 Å². The van der Waals surface area contributed by atoms with Crippen LogP contribution in [0.2, 0.25) is 0 Å². The third-order valence-electron chi connectivity index (χ3n) is 2.33. The lowest BCUT2D eigenvalue weighted by Crippen LogP contribution is -2.02. The molecule has 1 aromatic rings. The van der Waals surface area contributed by atoms with Crippen LogP contribution in [0.5, 0.6) is 0 Å². The zero-order valence-corrected chi connectivity index (χ0v) is 8.67. The van der Waals surface area contributed by atoms with Gasteiger partial charge in [-0.2, -0.15) is 0 Å². The Kier molecular flexibility index (Phi) is 3.26. The molecular formula is C11H12N2O3. The van der Waals surface area contributed by atoms with Crippen molar-refractivity contribution in [1.82, 2.24) is 9.97 Å². The first-order valence-corrected chi connectivity index (χ1v) is 5.10. The lowest BCUT2D eigenvalue weighted by molar-refractivity contribution is -0.131. The number of nitrogens with zero attached hydrogens (tertiary/aromatic N) is 2.